The van der Waals surface area contributed by atoms with Crippen LogP contribution in [0.2, 0.25) is 0 Å². The van der Waals surface area contributed by atoms with Crippen LogP contribution in [0, 0.1) is 0 Å². The number of para-hydroxylation sites is 2. The topological polar surface area (TPSA) is 58.7 Å². The molecule has 1 unspecified atom stereocenters. The largest absolute Gasteiger partial charge is 0.491 e. The van der Waals surface area contributed by atoms with Crippen LogP contribution in [-0.4, -0.2) is 42.9 Å². The van der Waals surface area contributed by atoms with Crippen molar-refractivity contribution in [3.63, 3.8) is 0 Å². The molecular weight excluding hydrogens is 216 g/mol. The molecule has 0 aliphatic heterocycles. The van der Waals surface area contributed by atoms with Gasteiger partial charge in [0.2, 0.25) is 0 Å². The second-order valence-corrected chi connectivity index (χ2v) is 4.35. The smallest absolute Gasteiger partial charge is 0.142 e. The quantitative estimate of drug-likeness (QED) is 0.556. The number of hydrogen-bond donors (Lipinski definition) is 2. The zero-order valence-corrected chi connectivity index (χ0v) is 10.6. The minimum absolute atomic E-state index is 0.286. The van der Waals surface area contributed by atoms with E-state index in [4.69, 9.17) is 10.5 Å². The second-order valence-electron chi connectivity index (χ2n) is 4.35. The highest BCUT2D eigenvalue weighted by Crippen LogP contribution is 2.19. The van der Waals surface area contributed by atoms with Crippen molar-refractivity contribution in [3.8, 4) is 5.75 Å². The van der Waals surface area contributed by atoms with Crippen LogP contribution in [0.4, 0.5) is 5.69 Å². The zero-order valence-electron chi connectivity index (χ0n) is 10.6. The van der Waals surface area contributed by atoms with Gasteiger partial charge in [-0.25, -0.2) is 0 Å². The number of likely N-dealkylation sites (N-methyl/N-ethyl adjacent to an activating group) is 1. The summed E-state index contributed by atoms with van der Waals surface area (Å²) in [6.45, 7) is 4.02. The summed E-state index contributed by atoms with van der Waals surface area (Å²) in [5, 5.41) is 9.20. The van der Waals surface area contributed by atoms with Crippen LogP contribution in [-0.2, 0) is 0 Å². The molecule has 17 heavy (non-hydrogen) atoms. The molecule has 0 heterocycles. The van der Waals surface area contributed by atoms with Gasteiger partial charge in [-0.2, -0.15) is 0 Å². The van der Waals surface area contributed by atoms with E-state index in [9.17, 15) is 5.11 Å². The van der Waals surface area contributed by atoms with Gasteiger partial charge in [-0.05, 0) is 32.5 Å². The number of nitrogens with two attached hydrogens (primary N) is 1. The fourth-order valence-electron chi connectivity index (χ4n) is 1.67. The van der Waals surface area contributed by atoms with E-state index in [-0.39, 0.29) is 6.10 Å². The third-order valence-corrected chi connectivity index (χ3v) is 2.44. The Morgan fingerprint density at radius 2 is 2.12 bits per heavy atom. The standard InChI is InChI=1S/C13H22N2O2/c1-11(16)10-15(2)8-5-9-17-13-7-4-3-6-12(13)14/h3-4,6-7,11,16H,5,8-10,14H2,1-2H3. The van der Waals surface area contributed by atoms with E-state index >= 15 is 0 Å². The van der Waals surface area contributed by atoms with Crippen molar-refractivity contribution in [1.29, 1.82) is 0 Å². The minimum atomic E-state index is -0.286. The molecular formula is C13H22N2O2. The van der Waals surface area contributed by atoms with Gasteiger partial charge in [0.15, 0.2) is 0 Å². The molecule has 0 aliphatic carbocycles. The van der Waals surface area contributed by atoms with Gasteiger partial charge >= 0.3 is 0 Å². The van der Waals surface area contributed by atoms with Gasteiger partial charge in [-0.15, -0.1) is 0 Å². The van der Waals surface area contributed by atoms with Crippen LogP contribution < -0.4 is 10.5 Å². The van der Waals surface area contributed by atoms with E-state index in [0.29, 0.717) is 18.8 Å². The Balaban J connectivity index is 2.18. The van der Waals surface area contributed by atoms with Gasteiger partial charge in [0.1, 0.15) is 5.75 Å². The van der Waals surface area contributed by atoms with E-state index in [2.05, 4.69) is 4.90 Å². The molecule has 0 fully saturated rings. The normalized spacial score (nSPS) is 12.7. The predicted octanol–water partition coefficient (Wildman–Crippen LogP) is 1.35. The first kappa shape index (κ1) is 13.8. The Hall–Kier alpha value is -1.26. The number of ether oxygens (including phenoxy) is 1. The number of nitrogen functional groups attached to an aromatic ring is 1. The second kappa shape index (κ2) is 7.14. The number of aliphatic hydroxyl groups excluding tert-OH is 1. The van der Waals surface area contributed by atoms with Crippen LogP contribution >= 0.6 is 0 Å². The van der Waals surface area contributed by atoms with Gasteiger partial charge in [0.25, 0.3) is 0 Å². The third kappa shape index (κ3) is 5.56. The molecule has 0 aliphatic rings. The minimum Gasteiger partial charge on any atom is -0.491 e. The highest BCUT2D eigenvalue weighted by molar-refractivity contribution is 5.51. The summed E-state index contributed by atoms with van der Waals surface area (Å²) in [6.07, 6.45) is 0.628. The Morgan fingerprint density at radius 3 is 2.76 bits per heavy atom. The zero-order chi connectivity index (χ0) is 12.7. The summed E-state index contributed by atoms with van der Waals surface area (Å²) < 4.78 is 5.58. The molecule has 3 N–H and O–H groups in total. The SMILES string of the molecule is CC(O)CN(C)CCCOc1ccccc1N. The van der Waals surface area contributed by atoms with Crippen molar-refractivity contribution in [2.24, 2.45) is 0 Å². The molecule has 1 aromatic rings. The molecule has 4 heteroatoms. The summed E-state index contributed by atoms with van der Waals surface area (Å²) >= 11 is 0. The lowest BCUT2D eigenvalue weighted by Crippen LogP contribution is -2.28. The Labute approximate surface area is 103 Å². The predicted molar refractivity (Wildman–Crippen MR) is 70.1 cm³/mol. The van der Waals surface area contributed by atoms with E-state index < -0.39 is 0 Å². The van der Waals surface area contributed by atoms with E-state index in [1.54, 1.807) is 6.92 Å². The van der Waals surface area contributed by atoms with Crippen molar-refractivity contribution < 1.29 is 9.84 Å². The van der Waals surface area contributed by atoms with E-state index in [1.165, 1.54) is 0 Å². The average Bonchev–Trinajstić information content (AvgIpc) is 2.25. The molecule has 4 nitrogen and oxygen atoms in total. The number of aliphatic hydroxyl groups is 1. The maximum absolute atomic E-state index is 9.20. The summed E-state index contributed by atoms with van der Waals surface area (Å²) in [6, 6.07) is 7.49. The first-order valence-electron chi connectivity index (χ1n) is 5.93. The highest BCUT2D eigenvalue weighted by Gasteiger charge is 2.03. The first-order valence-corrected chi connectivity index (χ1v) is 5.93. The van der Waals surface area contributed by atoms with Gasteiger partial charge < -0.3 is 20.5 Å². The Morgan fingerprint density at radius 1 is 1.41 bits per heavy atom. The molecule has 0 bridgehead atoms. The molecule has 1 atom stereocenters. The summed E-state index contributed by atoms with van der Waals surface area (Å²) in [7, 11) is 1.99. The fourth-order valence-corrected chi connectivity index (χ4v) is 1.67. The molecule has 96 valence electrons. The maximum Gasteiger partial charge on any atom is 0.142 e. The van der Waals surface area contributed by atoms with Crippen LogP contribution in [0.1, 0.15) is 13.3 Å². The van der Waals surface area contributed by atoms with Crippen molar-refractivity contribution >= 4 is 5.69 Å². The molecule has 0 saturated carbocycles. The number of anilines is 1. The lowest BCUT2D eigenvalue weighted by Gasteiger charge is -2.18. The van der Waals surface area contributed by atoms with Crippen LogP contribution in [0.3, 0.4) is 0 Å². The molecule has 1 rings (SSSR count). The van der Waals surface area contributed by atoms with Crippen molar-refractivity contribution in [2.75, 3.05) is 32.5 Å². The molecule has 1 aromatic carbocycles. The number of nitrogens with zero attached hydrogens (tertiary/aromatic N) is 1. The molecule has 0 amide bonds. The molecule has 0 radical (unpaired) electrons. The summed E-state index contributed by atoms with van der Waals surface area (Å²) in [5.74, 6) is 0.741. The van der Waals surface area contributed by atoms with Gasteiger partial charge in [0.05, 0.1) is 18.4 Å². The Kier molecular flexibility index (Phi) is 5.80. The number of benzene rings is 1. The lowest BCUT2D eigenvalue weighted by atomic mass is 10.3. The number of rotatable bonds is 7. The number of hydrogen-bond acceptors (Lipinski definition) is 4. The van der Waals surface area contributed by atoms with E-state index in [1.807, 2.05) is 31.3 Å². The van der Waals surface area contributed by atoms with Crippen molar-refractivity contribution in [2.45, 2.75) is 19.4 Å². The first-order chi connectivity index (χ1) is 8.09. The van der Waals surface area contributed by atoms with Crippen LogP contribution in [0.25, 0.3) is 0 Å². The fraction of sp³-hybridized carbons (Fsp3) is 0.538. The maximum atomic E-state index is 9.20. The third-order valence-electron chi connectivity index (χ3n) is 2.44. The highest BCUT2D eigenvalue weighted by atomic mass is 16.5. The lowest BCUT2D eigenvalue weighted by molar-refractivity contribution is 0.137. The summed E-state index contributed by atoms with van der Waals surface area (Å²) in [4.78, 5) is 2.09. The van der Waals surface area contributed by atoms with Crippen molar-refractivity contribution in [3.05, 3.63) is 24.3 Å². The monoisotopic (exact) mass is 238 g/mol. The van der Waals surface area contributed by atoms with Crippen LogP contribution in [0.15, 0.2) is 24.3 Å². The van der Waals surface area contributed by atoms with Crippen LogP contribution in [0.5, 0.6) is 5.75 Å². The van der Waals surface area contributed by atoms with Gasteiger partial charge in [-0.1, -0.05) is 12.1 Å². The molecule has 0 spiro atoms. The van der Waals surface area contributed by atoms with Gasteiger partial charge in [-0.3, -0.25) is 0 Å². The average molecular weight is 238 g/mol. The molecule has 0 saturated heterocycles. The van der Waals surface area contributed by atoms with Gasteiger partial charge in [0, 0.05) is 13.1 Å². The Bertz CT molecular complexity index is 329. The van der Waals surface area contributed by atoms with E-state index in [0.717, 1.165) is 18.7 Å². The molecule has 0 aromatic heterocycles. The van der Waals surface area contributed by atoms with Crippen molar-refractivity contribution in [1.82, 2.24) is 4.90 Å². The summed E-state index contributed by atoms with van der Waals surface area (Å²) in [5.41, 5.74) is 6.43.